The maximum Gasteiger partial charge on any atom is 0.0585 e. The third-order valence-corrected chi connectivity index (χ3v) is 8.39. The highest BCUT2D eigenvalue weighted by Crippen LogP contribution is 2.42. The molecule has 1 N–H and O–H groups in total. The average molecular weight is 553 g/mol. The quantitative estimate of drug-likeness (QED) is 0.211. The van der Waals surface area contributed by atoms with Crippen LogP contribution in [0.4, 0.5) is 0 Å². The smallest absolute Gasteiger partial charge is 0.0585 e. The fourth-order valence-electron chi connectivity index (χ4n) is 5.97. The van der Waals surface area contributed by atoms with Gasteiger partial charge in [-0.15, -0.1) is 0 Å². The highest BCUT2D eigenvalue weighted by molar-refractivity contribution is 5.38. The molecular formula is C40H56O. The van der Waals surface area contributed by atoms with Gasteiger partial charge in [0.1, 0.15) is 0 Å². The minimum atomic E-state index is -0.221. The SMILES string of the molecule is CC1=CCCC(C)(C)C1C=C/C(C)=C/C=C/C(C)=C/C=C/C=C(C)/C=C/C=C(C)/C=C/C1=C(C)C[C@@H](O)CC1(C)C. The number of hydrogen-bond acceptors (Lipinski definition) is 1. The van der Waals surface area contributed by atoms with Crippen molar-refractivity contribution in [3.05, 3.63) is 130 Å². The van der Waals surface area contributed by atoms with Gasteiger partial charge in [0, 0.05) is 5.92 Å². The summed E-state index contributed by atoms with van der Waals surface area (Å²) in [5.74, 6) is 0.524. The molecule has 1 heteroatoms. The summed E-state index contributed by atoms with van der Waals surface area (Å²) in [6.07, 6.45) is 36.6. The Labute approximate surface area is 252 Å². The van der Waals surface area contributed by atoms with E-state index < -0.39 is 0 Å². The zero-order chi connectivity index (χ0) is 30.6. The Kier molecular flexibility index (Phi) is 13.3. The van der Waals surface area contributed by atoms with Crippen LogP contribution in [0.2, 0.25) is 0 Å². The molecular weight excluding hydrogens is 496 g/mol. The second-order valence-electron chi connectivity index (χ2n) is 13.5. The Morgan fingerprint density at radius 1 is 0.756 bits per heavy atom. The summed E-state index contributed by atoms with van der Waals surface area (Å²) in [7, 11) is 0. The summed E-state index contributed by atoms with van der Waals surface area (Å²) in [5.41, 5.74) is 9.40. The molecule has 0 fully saturated rings. The normalized spacial score (nSPS) is 25.1. The van der Waals surface area contributed by atoms with E-state index >= 15 is 0 Å². The number of aliphatic hydroxyl groups is 1. The lowest BCUT2D eigenvalue weighted by Gasteiger charge is -2.36. The van der Waals surface area contributed by atoms with Crippen molar-refractivity contribution in [3.8, 4) is 0 Å². The Balaban J connectivity index is 1.89. The van der Waals surface area contributed by atoms with Crippen molar-refractivity contribution in [1.82, 2.24) is 0 Å². The average Bonchev–Trinajstić information content (AvgIpc) is 2.84. The summed E-state index contributed by atoms with van der Waals surface area (Å²) in [5, 5.41) is 10.1. The first-order chi connectivity index (χ1) is 19.2. The molecule has 0 aromatic rings. The fourth-order valence-corrected chi connectivity index (χ4v) is 5.97. The van der Waals surface area contributed by atoms with Crippen molar-refractivity contribution in [3.63, 3.8) is 0 Å². The number of aliphatic hydroxyl groups excluding tert-OH is 1. The minimum Gasteiger partial charge on any atom is -0.393 e. The van der Waals surface area contributed by atoms with Crippen LogP contribution in [0, 0.1) is 16.7 Å². The summed E-state index contributed by atoms with van der Waals surface area (Å²) in [6.45, 7) is 22.2. The number of allylic oxidation sites excluding steroid dienone is 21. The summed E-state index contributed by atoms with van der Waals surface area (Å²) < 4.78 is 0. The van der Waals surface area contributed by atoms with Crippen molar-refractivity contribution in [2.75, 3.05) is 0 Å². The van der Waals surface area contributed by atoms with Crippen LogP contribution < -0.4 is 0 Å². The van der Waals surface area contributed by atoms with E-state index in [1.165, 1.54) is 51.9 Å². The molecule has 0 spiro atoms. The van der Waals surface area contributed by atoms with Crippen LogP contribution in [0.5, 0.6) is 0 Å². The maximum atomic E-state index is 10.1. The highest BCUT2D eigenvalue weighted by atomic mass is 16.3. The van der Waals surface area contributed by atoms with Crippen LogP contribution in [0.15, 0.2) is 130 Å². The molecule has 0 saturated carbocycles. The second-order valence-corrected chi connectivity index (χ2v) is 13.5. The molecule has 2 aliphatic rings. The first-order valence-electron chi connectivity index (χ1n) is 15.3. The molecule has 0 aromatic heterocycles. The van der Waals surface area contributed by atoms with Crippen molar-refractivity contribution in [1.29, 1.82) is 0 Å². The van der Waals surface area contributed by atoms with Gasteiger partial charge in [0.05, 0.1) is 6.10 Å². The Bertz CT molecular complexity index is 1240. The van der Waals surface area contributed by atoms with E-state index in [0.717, 1.165) is 12.8 Å². The maximum absolute atomic E-state index is 10.1. The molecule has 222 valence electrons. The lowest BCUT2D eigenvalue weighted by molar-refractivity contribution is 0.116. The predicted octanol–water partition coefficient (Wildman–Crippen LogP) is 11.4. The Hall–Kier alpha value is -2.90. The molecule has 0 saturated heterocycles. The Morgan fingerprint density at radius 2 is 1.27 bits per heavy atom. The first-order valence-corrected chi connectivity index (χ1v) is 15.3. The standard InChI is InChI=1S/C40H56O/c1-30(18-13-20-32(3)23-25-37-34(5)22-15-27-39(37,7)8)16-11-12-17-31(2)19-14-21-33(4)24-26-38-35(6)28-36(41)29-40(38,9)10/h11-14,16-26,36-37,41H,15,27-29H2,1-10H3/b12-11+,18-13+,19-14+,25-23?,26-24+,30-16+,31-17+,32-20+,33-21+/t36-,37?/m1/s1. The van der Waals surface area contributed by atoms with Gasteiger partial charge in [0.15, 0.2) is 0 Å². The van der Waals surface area contributed by atoms with E-state index in [1.807, 2.05) is 0 Å². The van der Waals surface area contributed by atoms with E-state index in [-0.39, 0.29) is 11.5 Å². The van der Waals surface area contributed by atoms with Crippen molar-refractivity contribution >= 4 is 0 Å². The van der Waals surface area contributed by atoms with Crippen LogP contribution in [0.3, 0.4) is 0 Å². The van der Waals surface area contributed by atoms with Crippen molar-refractivity contribution < 1.29 is 5.11 Å². The molecule has 2 atom stereocenters. The molecule has 0 radical (unpaired) electrons. The number of rotatable bonds is 10. The summed E-state index contributed by atoms with van der Waals surface area (Å²) in [4.78, 5) is 0. The molecule has 1 nitrogen and oxygen atoms in total. The van der Waals surface area contributed by atoms with E-state index in [9.17, 15) is 5.11 Å². The first kappa shape index (κ1) is 34.3. The molecule has 0 aromatic carbocycles. The van der Waals surface area contributed by atoms with Crippen LogP contribution >= 0.6 is 0 Å². The second kappa shape index (κ2) is 15.9. The highest BCUT2D eigenvalue weighted by Gasteiger charge is 2.31. The monoisotopic (exact) mass is 552 g/mol. The van der Waals surface area contributed by atoms with Crippen LogP contribution in [0.25, 0.3) is 0 Å². The van der Waals surface area contributed by atoms with Gasteiger partial charge in [0.2, 0.25) is 0 Å². The molecule has 1 unspecified atom stereocenters. The van der Waals surface area contributed by atoms with Gasteiger partial charge in [-0.2, -0.15) is 0 Å². The van der Waals surface area contributed by atoms with E-state index in [0.29, 0.717) is 11.3 Å². The van der Waals surface area contributed by atoms with Gasteiger partial charge < -0.3 is 5.11 Å². The van der Waals surface area contributed by atoms with Crippen molar-refractivity contribution in [2.45, 2.75) is 101 Å². The summed E-state index contributed by atoms with van der Waals surface area (Å²) >= 11 is 0. The molecule has 0 bridgehead atoms. The van der Waals surface area contributed by atoms with Gasteiger partial charge in [-0.25, -0.2) is 0 Å². The molecule has 0 amide bonds. The van der Waals surface area contributed by atoms with Crippen LogP contribution in [0.1, 0.15) is 94.9 Å². The minimum absolute atomic E-state index is 0.0126. The largest absolute Gasteiger partial charge is 0.393 e. The van der Waals surface area contributed by atoms with E-state index in [1.54, 1.807) is 0 Å². The molecule has 2 aliphatic carbocycles. The Morgan fingerprint density at radius 3 is 1.80 bits per heavy atom. The lowest BCUT2D eigenvalue weighted by atomic mass is 9.68. The fraction of sp³-hybridized carbons (Fsp3) is 0.450. The molecule has 0 aliphatic heterocycles. The van der Waals surface area contributed by atoms with Crippen LogP contribution in [-0.4, -0.2) is 11.2 Å². The molecule has 41 heavy (non-hydrogen) atoms. The van der Waals surface area contributed by atoms with Gasteiger partial charge in [0.25, 0.3) is 0 Å². The van der Waals surface area contributed by atoms with Gasteiger partial charge in [-0.3, -0.25) is 0 Å². The third kappa shape index (κ3) is 11.9. The van der Waals surface area contributed by atoms with E-state index in [2.05, 4.69) is 160 Å². The topological polar surface area (TPSA) is 20.2 Å². The van der Waals surface area contributed by atoms with Crippen molar-refractivity contribution in [2.24, 2.45) is 16.7 Å². The summed E-state index contributed by atoms with van der Waals surface area (Å²) in [6, 6.07) is 0. The van der Waals surface area contributed by atoms with Crippen LogP contribution in [-0.2, 0) is 0 Å². The van der Waals surface area contributed by atoms with Gasteiger partial charge in [-0.05, 0) is 83.6 Å². The zero-order valence-corrected chi connectivity index (χ0v) is 27.6. The zero-order valence-electron chi connectivity index (χ0n) is 27.6. The van der Waals surface area contributed by atoms with Gasteiger partial charge in [-0.1, -0.05) is 152 Å². The number of hydrogen-bond donors (Lipinski definition) is 1. The molecule has 0 heterocycles. The lowest BCUT2D eigenvalue weighted by Crippen LogP contribution is -2.28. The third-order valence-electron chi connectivity index (χ3n) is 8.39. The van der Waals surface area contributed by atoms with E-state index in [4.69, 9.17) is 0 Å². The van der Waals surface area contributed by atoms with Gasteiger partial charge >= 0.3 is 0 Å². The predicted molar refractivity (Wildman–Crippen MR) is 183 cm³/mol. The molecule has 2 rings (SSSR count).